The van der Waals surface area contributed by atoms with Gasteiger partial charge in [-0.1, -0.05) is 48.5 Å². The number of carbonyl (C=O) groups is 1. The van der Waals surface area contributed by atoms with Gasteiger partial charge in [0.2, 0.25) is 0 Å². The molecule has 1 aromatic heterocycles. The van der Waals surface area contributed by atoms with E-state index in [1.807, 2.05) is 60.7 Å². The maximum absolute atomic E-state index is 12.1. The molecule has 170 valence electrons. The third kappa shape index (κ3) is 7.56. The second-order valence-electron chi connectivity index (χ2n) is 7.86. The van der Waals surface area contributed by atoms with E-state index in [9.17, 15) is 4.79 Å². The Hall–Kier alpha value is -3.48. The average molecular weight is 445 g/mol. The topological polar surface area (TPSA) is 60.9 Å². The molecule has 0 radical (unpaired) electrons. The van der Waals surface area contributed by atoms with E-state index in [0.717, 1.165) is 36.6 Å². The van der Waals surface area contributed by atoms with Crippen molar-refractivity contribution in [1.82, 2.24) is 9.88 Å². The molecule has 1 aliphatic heterocycles. The summed E-state index contributed by atoms with van der Waals surface area (Å²) >= 11 is 0. The highest BCUT2D eigenvalue weighted by Gasteiger charge is 2.21. The third-order valence-corrected chi connectivity index (χ3v) is 5.29. The number of morpholine rings is 1. The van der Waals surface area contributed by atoms with Gasteiger partial charge in [-0.15, -0.1) is 0 Å². The number of carbonyl (C=O) groups excluding carboxylic acids is 1. The van der Waals surface area contributed by atoms with E-state index in [-0.39, 0.29) is 18.7 Å². The van der Waals surface area contributed by atoms with Gasteiger partial charge in [0.25, 0.3) is 0 Å². The largest absolute Gasteiger partial charge is 0.487 e. The molecule has 3 aromatic rings. The Labute approximate surface area is 194 Å². The van der Waals surface area contributed by atoms with Gasteiger partial charge in [-0.25, -0.2) is 4.79 Å². The van der Waals surface area contributed by atoms with Crippen LogP contribution in [0.15, 0.2) is 85.1 Å². The molecule has 33 heavy (non-hydrogen) atoms. The third-order valence-electron chi connectivity index (χ3n) is 5.29. The number of esters is 1. The molecule has 0 N–H and O–H groups in total. The van der Waals surface area contributed by atoms with Gasteiger partial charge in [0.15, 0.2) is 0 Å². The van der Waals surface area contributed by atoms with Gasteiger partial charge in [0, 0.05) is 31.9 Å². The van der Waals surface area contributed by atoms with Crippen LogP contribution in [0.4, 0.5) is 0 Å². The summed E-state index contributed by atoms with van der Waals surface area (Å²) in [6.45, 7) is 3.78. The summed E-state index contributed by atoms with van der Waals surface area (Å²) in [5, 5.41) is 0. The van der Waals surface area contributed by atoms with Crippen molar-refractivity contribution in [1.29, 1.82) is 0 Å². The monoisotopic (exact) mass is 444 g/mol. The molecule has 6 heteroatoms. The lowest BCUT2D eigenvalue weighted by atomic mass is 10.2. The molecule has 2 aromatic carbocycles. The molecule has 0 amide bonds. The second kappa shape index (κ2) is 11.9. The van der Waals surface area contributed by atoms with Gasteiger partial charge in [-0.2, -0.15) is 0 Å². The van der Waals surface area contributed by atoms with Crippen molar-refractivity contribution in [2.75, 3.05) is 26.3 Å². The zero-order valence-electron chi connectivity index (χ0n) is 18.5. The number of pyridine rings is 1. The van der Waals surface area contributed by atoms with Gasteiger partial charge < -0.3 is 14.2 Å². The summed E-state index contributed by atoms with van der Waals surface area (Å²) in [6, 6.07) is 23.6. The first kappa shape index (κ1) is 22.7. The maximum Gasteiger partial charge on any atom is 0.330 e. The van der Waals surface area contributed by atoms with E-state index in [1.54, 1.807) is 12.3 Å². The summed E-state index contributed by atoms with van der Waals surface area (Å²) in [7, 11) is 0. The van der Waals surface area contributed by atoms with E-state index in [4.69, 9.17) is 14.2 Å². The molecule has 0 aliphatic carbocycles. The average Bonchev–Trinajstić information content (AvgIpc) is 2.87. The molecule has 1 fully saturated rings. The summed E-state index contributed by atoms with van der Waals surface area (Å²) in [5.41, 5.74) is 3.03. The van der Waals surface area contributed by atoms with E-state index < -0.39 is 0 Å². The number of nitrogens with zero attached hydrogens (tertiary/aromatic N) is 2. The first-order valence-corrected chi connectivity index (χ1v) is 11.1. The standard InChI is InChI=1S/C27H28N2O4/c30-27(33-21-26-19-29(16-17-31-26)18-23-6-2-1-3-7-23)14-11-22-9-12-25(13-10-22)32-20-24-8-4-5-15-28-24/h1-15,26H,16-21H2/b14-11+. The number of ether oxygens (including phenoxy) is 3. The summed E-state index contributed by atoms with van der Waals surface area (Å²) in [5.74, 6) is 0.365. The highest BCUT2D eigenvalue weighted by Crippen LogP contribution is 2.15. The quantitative estimate of drug-likeness (QED) is 0.366. The van der Waals surface area contributed by atoms with Crippen molar-refractivity contribution in [3.8, 4) is 5.75 Å². The molecule has 1 aliphatic rings. The lowest BCUT2D eigenvalue weighted by Gasteiger charge is -2.32. The molecular formula is C27H28N2O4. The zero-order valence-corrected chi connectivity index (χ0v) is 18.5. The number of rotatable bonds is 9. The van der Waals surface area contributed by atoms with Crippen LogP contribution in [-0.4, -0.2) is 48.3 Å². The van der Waals surface area contributed by atoms with Crippen LogP contribution in [0, 0.1) is 0 Å². The van der Waals surface area contributed by atoms with Gasteiger partial charge >= 0.3 is 5.97 Å². The van der Waals surface area contributed by atoms with Crippen LogP contribution < -0.4 is 4.74 Å². The lowest BCUT2D eigenvalue weighted by molar-refractivity contribution is -0.144. The minimum absolute atomic E-state index is 0.115. The van der Waals surface area contributed by atoms with Crippen LogP contribution in [0.5, 0.6) is 5.75 Å². The lowest BCUT2D eigenvalue weighted by Crippen LogP contribution is -2.44. The summed E-state index contributed by atoms with van der Waals surface area (Å²) in [4.78, 5) is 18.7. The first-order chi connectivity index (χ1) is 16.2. The fourth-order valence-electron chi connectivity index (χ4n) is 3.57. The molecule has 1 saturated heterocycles. The predicted octanol–water partition coefficient (Wildman–Crippen LogP) is 4.12. The van der Waals surface area contributed by atoms with Gasteiger partial charge in [-0.3, -0.25) is 9.88 Å². The Bertz CT molecular complexity index is 1020. The molecule has 4 rings (SSSR count). The van der Waals surface area contributed by atoms with Crippen molar-refractivity contribution in [2.24, 2.45) is 0 Å². The van der Waals surface area contributed by atoms with Crippen LogP contribution in [0.3, 0.4) is 0 Å². The number of hydrogen-bond donors (Lipinski definition) is 0. The van der Waals surface area contributed by atoms with E-state index >= 15 is 0 Å². The predicted molar refractivity (Wildman–Crippen MR) is 126 cm³/mol. The first-order valence-electron chi connectivity index (χ1n) is 11.1. The van der Waals surface area contributed by atoms with E-state index in [1.165, 1.54) is 11.6 Å². The Morgan fingerprint density at radius 2 is 1.88 bits per heavy atom. The van der Waals surface area contributed by atoms with Crippen molar-refractivity contribution >= 4 is 12.0 Å². The summed E-state index contributed by atoms with van der Waals surface area (Å²) < 4.78 is 16.9. The van der Waals surface area contributed by atoms with Crippen molar-refractivity contribution in [3.63, 3.8) is 0 Å². The molecule has 0 spiro atoms. The Morgan fingerprint density at radius 3 is 2.67 bits per heavy atom. The smallest absolute Gasteiger partial charge is 0.330 e. The Balaban J connectivity index is 1.19. The van der Waals surface area contributed by atoms with Gasteiger partial charge in [-0.05, 0) is 41.5 Å². The summed E-state index contributed by atoms with van der Waals surface area (Å²) in [6.07, 6.45) is 4.80. The number of benzene rings is 2. The van der Waals surface area contributed by atoms with Gasteiger partial charge in [0.1, 0.15) is 25.1 Å². The second-order valence-corrected chi connectivity index (χ2v) is 7.86. The molecule has 1 atom stereocenters. The molecular weight excluding hydrogens is 416 g/mol. The molecule has 6 nitrogen and oxygen atoms in total. The fraction of sp³-hybridized carbons (Fsp3) is 0.259. The van der Waals surface area contributed by atoms with Crippen LogP contribution in [0.2, 0.25) is 0 Å². The van der Waals surface area contributed by atoms with E-state index in [0.29, 0.717) is 13.2 Å². The van der Waals surface area contributed by atoms with Crippen molar-refractivity contribution in [3.05, 3.63) is 102 Å². The van der Waals surface area contributed by atoms with Crippen LogP contribution in [0.25, 0.3) is 6.08 Å². The molecule has 0 saturated carbocycles. The van der Waals surface area contributed by atoms with Crippen molar-refractivity contribution < 1.29 is 19.0 Å². The van der Waals surface area contributed by atoms with Crippen LogP contribution in [-0.2, 0) is 27.4 Å². The maximum atomic E-state index is 12.1. The number of hydrogen-bond acceptors (Lipinski definition) is 6. The van der Waals surface area contributed by atoms with Gasteiger partial charge in [0.05, 0.1) is 12.3 Å². The Morgan fingerprint density at radius 1 is 1.06 bits per heavy atom. The normalized spacial score (nSPS) is 16.5. The SMILES string of the molecule is O=C(/C=C/c1ccc(OCc2ccccn2)cc1)OCC1CN(Cc2ccccc2)CCO1. The van der Waals surface area contributed by atoms with E-state index in [2.05, 4.69) is 22.0 Å². The molecule has 1 unspecified atom stereocenters. The minimum Gasteiger partial charge on any atom is -0.487 e. The Kier molecular flexibility index (Phi) is 8.22. The minimum atomic E-state index is -0.380. The molecule has 2 heterocycles. The highest BCUT2D eigenvalue weighted by molar-refractivity contribution is 5.87. The highest BCUT2D eigenvalue weighted by atomic mass is 16.6. The number of aromatic nitrogens is 1. The van der Waals surface area contributed by atoms with Crippen LogP contribution >= 0.6 is 0 Å². The molecule has 0 bridgehead atoms. The van der Waals surface area contributed by atoms with Crippen molar-refractivity contribution in [2.45, 2.75) is 19.3 Å². The fourth-order valence-corrected chi connectivity index (χ4v) is 3.57. The van der Waals surface area contributed by atoms with Crippen LogP contribution in [0.1, 0.15) is 16.8 Å². The zero-order chi connectivity index (χ0) is 22.7.